The predicted octanol–water partition coefficient (Wildman–Crippen LogP) is 1.61. The topological polar surface area (TPSA) is 96.2 Å². The van der Waals surface area contributed by atoms with Crippen molar-refractivity contribution in [2.45, 2.75) is 44.9 Å². The highest BCUT2D eigenvalue weighted by Crippen LogP contribution is 2.34. The highest BCUT2D eigenvalue weighted by Gasteiger charge is 2.29. The van der Waals surface area contributed by atoms with E-state index in [1.807, 2.05) is 0 Å². The second-order valence-corrected chi connectivity index (χ2v) is 5.78. The number of aromatic amines is 1. The summed E-state index contributed by atoms with van der Waals surface area (Å²) in [6.45, 7) is 1.23. The van der Waals surface area contributed by atoms with Gasteiger partial charge in [0.25, 0.3) is 5.56 Å². The molecule has 2 aromatic rings. The fourth-order valence-electron chi connectivity index (χ4n) is 2.57. The van der Waals surface area contributed by atoms with E-state index < -0.39 is 23.5 Å². The number of halogens is 1. The van der Waals surface area contributed by atoms with Crippen LogP contribution in [0.4, 0.5) is 4.39 Å². The molecule has 3 rings (SSSR count). The van der Waals surface area contributed by atoms with Gasteiger partial charge in [-0.25, -0.2) is 9.18 Å². The Morgan fingerprint density at radius 1 is 1.50 bits per heavy atom. The van der Waals surface area contributed by atoms with E-state index in [1.54, 1.807) is 0 Å². The molecule has 0 bridgehead atoms. The standard InChI is InChI=1S/C15H17FN2O4/c1-7(16)13-17-14(21)12-9(4-5-10(19)8-2-3-8)6-11(20)22-15(12)18-13/h6-8,10,19H,2-5H2,1H3,(H,17,18,21). The van der Waals surface area contributed by atoms with E-state index in [9.17, 15) is 19.1 Å². The van der Waals surface area contributed by atoms with E-state index in [4.69, 9.17) is 4.42 Å². The molecule has 7 heteroatoms. The van der Waals surface area contributed by atoms with Crippen molar-refractivity contribution in [3.63, 3.8) is 0 Å². The summed E-state index contributed by atoms with van der Waals surface area (Å²) in [4.78, 5) is 30.0. The lowest BCUT2D eigenvalue weighted by Gasteiger charge is -2.10. The fraction of sp³-hybridized carbons (Fsp3) is 0.533. The fourth-order valence-corrected chi connectivity index (χ4v) is 2.57. The van der Waals surface area contributed by atoms with E-state index in [0.717, 1.165) is 12.8 Å². The minimum absolute atomic E-state index is 0.145. The average Bonchev–Trinajstić information content (AvgIpc) is 3.27. The van der Waals surface area contributed by atoms with Crippen LogP contribution < -0.4 is 11.2 Å². The normalized spacial score (nSPS) is 17.6. The Kier molecular flexibility index (Phi) is 3.82. The molecular weight excluding hydrogens is 291 g/mol. The summed E-state index contributed by atoms with van der Waals surface area (Å²) in [5.41, 5.74) is -0.868. The number of aryl methyl sites for hydroxylation is 1. The molecule has 1 fully saturated rings. The molecule has 0 saturated heterocycles. The van der Waals surface area contributed by atoms with Crippen LogP contribution in [-0.4, -0.2) is 21.2 Å². The molecule has 0 spiro atoms. The van der Waals surface area contributed by atoms with Crippen LogP contribution in [0.25, 0.3) is 11.1 Å². The lowest BCUT2D eigenvalue weighted by molar-refractivity contribution is 0.142. The van der Waals surface area contributed by atoms with Gasteiger partial charge >= 0.3 is 5.63 Å². The number of alkyl halides is 1. The van der Waals surface area contributed by atoms with Crippen molar-refractivity contribution < 1.29 is 13.9 Å². The van der Waals surface area contributed by atoms with Gasteiger partial charge in [-0.15, -0.1) is 0 Å². The number of rotatable bonds is 5. The zero-order valence-electron chi connectivity index (χ0n) is 12.1. The number of nitrogens with zero attached hydrogens (tertiary/aromatic N) is 1. The summed E-state index contributed by atoms with van der Waals surface area (Å²) in [5.74, 6) is 0.151. The Bertz CT molecular complexity index is 807. The van der Waals surface area contributed by atoms with Crippen molar-refractivity contribution in [1.29, 1.82) is 0 Å². The van der Waals surface area contributed by atoms with Crippen LogP contribution in [0.15, 0.2) is 20.1 Å². The molecule has 6 nitrogen and oxygen atoms in total. The number of aliphatic hydroxyl groups excluding tert-OH is 1. The van der Waals surface area contributed by atoms with Crippen LogP contribution in [0.1, 0.15) is 43.7 Å². The van der Waals surface area contributed by atoms with Crippen molar-refractivity contribution >= 4 is 11.1 Å². The number of aliphatic hydroxyl groups is 1. The third-order valence-corrected chi connectivity index (χ3v) is 3.97. The molecule has 2 aromatic heterocycles. The van der Waals surface area contributed by atoms with Crippen LogP contribution in [0.2, 0.25) is 0 Å². The predicted molar refractivity (Wildman–Crippen MR) is 77.5 cm³/mol. The first-order chi connectivity index (χ1) is 10.5. The molecule has 0 aromatic carbocycles. The van der Waals surface area contributed by atoms with E-state index in [1.165, 1.54) is 13.0 Å². The largest absolute Gasteiger partial charge is 0.403 e. The average molecular weight is 308 g/mol. The van der Waals surface area contributed by atoms with Gasteiger partial charge in [-0.2, -0.15) is 4.98 Å². The molecule has 118 valence electrons. The first-order valence-corrected chi connectivity index (χ1v) is 7.35. The highest BCUT2D eigenvalue weighted by atomic mass is 19.1. The summed E-state index contributed by atoms with van der Waals surface area (Å²) in [7, 11) is 0. The summed E-state index contributed by atoms with van der Waals surface area (Å²) < 4.78 is 18.2. The molecule has 0 aliphatic heterocycles. The second kappa shape index (κ2) is 5.64. The summed E-state index contributed by atoms with van der Waals surface area (Å²) in [6.07, 6.45) is 0.957. The van der Waals surface area contributed by atoms with Gasteiger partial charge < -0.3 is 14.5 Å². The molecule has 2 heterocycles. The van der Waals surface area contributed by atoms with Crippen molar-refractivity contribution in [3.05, 3.63) is 38.2 Å². The maximum absolute atomic E-state index is 13.3. The number of fused-ring (bicyclic) bond motifs is 1. The third-order valence-electron chi connectivity index (χ3n) is 3.97. The number of H-pyrrole nitrogens is 1. The van der Waals surface area contributed by atoms with Crippen molar-refractivity contribution in [2.24, 2.45) is 5.92 Å². The molecule has 0 radical (unpaired) electrons. The lowest BCUT2D eigenvalue weighted by atomic mass is 10.0. The molecular formula is C15H17FN2O4. The van der Waals surface area contributed by atoms with Gasteiger partial charge in [0.15, 0.2) is 6.17 Å². The molecule has 1 saturated carbocycles. The van der Waals surface area contributed by atoms with E-state index >= 15 is 0 Å². The first kappa shape index (κ1) is 14.9. The number of aromatic nitrogens is 2. The quantitative estimate of drug-likeness (QED) is 0.874. The van der Waals surface area contributed by atoms with Crippen LogP contribution in [0, 0.1) is 5.92 Å². The number of hydrogen-bond donors (Lipinski definition) is 2. The van der Waals surface area contributed by atoms with Crippen LogP contribution in [-0.2, 0) is 6.42 Å². The number of nitrogens with one attached hydrogen (secondary N) is 1. The Balaban J connectivity index is 2.01. The van der Waals surface area contributed by atoms with Crippen molar-refractivity contribution in [3.8, 4) is 0 Å². The van der Waals surface area contributed by atoms with Crippen molar-refractivity contribution in [1.82, 2.24) is 9.97 Å². The summed E-state index contributed by atoms with van der Waals surface area (Å²) in [6, 6.07) is 1.23. The van der Waals surface area contributed by atoms with E-state index in [2.05, 4.69) is 9.97 Å². The number of hydrogen-bond acceptors (Lipinski definition) is 5. The molecule has 0 amide bonds. The molecule has 2 unspecified atom stereocenters. The molecule has 1 aliphatic rings. The van der Waals surface area contributed by atoms with Gasteiger partial charge in [-0.1, -0.05) is 0 Å². The molecule has 22 heavy (non-hydrogen) atoms. The van der Waals surface area contributed by atoms with Crippen LogP contribution in [0.5, 0.6) is 0 Å². The monoisotopic (exact) mass is 308 g/mol. The third kappa shape index (κ3) is 2.94. The maximum Gasteiger partial charge on any atom is 0.337 e. The van der Waals surface area contributed by atoms with Gasteiger partial charge in [0, 0.05) is 6.07 Å². The SMILES string of the molecule is CC(F)c1nc2oc(=O)cc(CCC(O)C3CC3)c2c(=O)[nH]1. The molecule has 2 N–H and O–H groups in total. The van der Waals surface area contributed by atoms with Gasteiger partial charge in [-0.3, -0.25) is 4.79 Å². The maximum atomic E-state index is 13.3. The van der Waals surface area contributed by atoms with Gasteiger partial charge in [0.2, 0.25) is 5.71 Å². The van der Waals surface area contributed by atoms with Crippen molar-refractivity contribution in [2.75, 3.05) is 0 Å². The zero-order chi connectivity index (χ0) is 15.9. The van der Waals surface area contributed by atoms with Crippen LogP contribution >= 0.6 is 0 Å². The Morgan fingerprint density at radius 3 is 2.86 bits per heavy atom. The zero-order valence-corrected chi connectivity index (χ0v) is 12.1. The van der Waals surface area contributed by atoms with Gasteiger partial charge in [0.05, 0.1) is 6.10 Å². The Labute approximate surface area is 125 Å². The summed E-state index contributed by atoms with van der Waals surface area (Å²) in [5, 5.41) is 10.1. The van der Waals surface area contributed by atoms with Crippen LogP contribution in [0.3, 0.4) is 0 Å². The lowest BCUT2D eigenvalue weighted by Crippen LogP contribution is -2.18. The molecule has 1 aliphatic carbocycles. The second-order valence-electron chi connectivity index (χ2n) is 5.78. The Morgan fingerprint density at radius 2 is 2.23 bits per heavy atom. The molecule has 2 atom stereocenters. The van der Waals surface area contributed by atoms with Gasteiger partial charge in [0.1, 0.15) is 11.2 Å². The van der Waals surface area contributed by atoms with Gasteiger partial charge in [-0.05, 0) is 44.1 Å². The summed E-state index contributed by atoms with van der Waals surface area (Å²) >= 11 is 0. The minimum Gasteiger partial charge on any atom is -0.403 e. The van der Waals surface area contributed by atoms with E-state index in [-0.39, 0.29) is 16.9 Å². The Hall–Kier alpha value is -2.02. The minimum atomic E-state index is -1.47. The smallest absolute Gasteiger partial charge is 0.337 e. The van der Waals surface area contributed by atoms with E-state index in [0.29, 0.717) is 24.3 Å². The first-order valence-electron chi connectivity index (χ1n) is 7.35. The highest BCUT2D eigenvalue weighted by molar-refractivity contribution is 5.75.